The van der Waals surface area contributed by atoms with Crippen molar-refractivity contribution in [2.24, 2.45) is 0 Å². The van der Waals surface area contributed by atoms with Crippen LogP contribution in [-0.4, -0.2) is 35.9 Å². The Labute approximate surface area is 99.2 Å². The molecule has 0 unspecified atom stereocenters. The van der Waals surface area contributed by atoms with Crippen molar-refractivity contribution in [3.05, 3.63) is 17.5 Å². The largest absolute Gasteiger partial charge is 0.367 e. The molecule has 0 amide bonds. The summed E-state index contributed by atoms with van der Waals surface area (Å²) >= 11 is 5.65. The Balaban J connectivity index is 1.97. The molecule has 16 heavy (non-hydrogen) atoms. The van der Waals surface area contributed by atoms with Gasteiger partial charge in [0.2, 0.25) is 5.28 Å². The molecule has 1 N–H and O–H groups in total. The van der Waals surface area contributed by atoms with Gasteiger partial charge in [0, 0.05) is 12.2 Å². The topological polar surface area (TPSA) is 72.0 Å². The van der Waals surface area contributed by atoms with Gasteiger partial charge >= 0.3 is 0 Å². The number of sulfone groups is 1. The molecule has 2 rings (SSSR count). The molecular weight excluding hydrogens is 250 g/mol. The third-order valence-electron chi connectivity index (χ3n) is 2.53. The van der Waals surface area contributed by atoms with E-state index in [2.05, 4.69) is 15.3 Å². The molecule has 1 fully saturated rings. The highest BCUT2D eigenvalue weighted by Crippen LogP contribution is 2.16. The first kappa shape index (κ1) is 11.6. The van der Waals surface area contributed by atoms with Crippen LogP contribution >= 0.6 is 11.6 Å². The van der Waals surface area contributed by atoms with E-state index >= 15 is 0 Å². The maximum atomic E-state index is 11.2. The summed E-state index contributed by atoms with van der Waals surface area (Å²) in [7, 11) is -2.81. The minimum Gasteiger partial charge on any atom is -0.367 e. The fourth-order valence-corrected chi connectivity index (χ4v) is 3.30. The van der Waals surface area contributed by atoms with E-state index in [4.69, 9.17) is 11.6 Å². The van der Waals surface area contributed by atoms with Gasteiger partial charge in [0.25, 0.3) is 0 Å². The molecule has 0 saturated carbocycles. The highest BCUT2D eigenvalue weighted by molar-refractivity contribution is 7.91. The molecule has 5 nitrogen and oxygen atoms in total. The second-order valence-electron chi connectivity index (χ2n) is 3.78. The number of rotatable bonds is 2. The van der Waals surface area contributed by atoms with Crippen molar-refractivity contribution in [2.45, 2.75) is 18.9 Å². The van der Waals surface area contributed by atoms with Crippen LogP contribution in [0.4, 0.5) is 5.82 Å². The lowest BCUT2D eigenvalue weighted by Crippen LogP contribution is -2.32. The Bertz CT molecular complexity index is 463. The average molecular weight is 262 g/mol. The van der Waals surface area contributed by atoms with Gasteiger partial charge in [-0.2, -0.15) is 0 Å². The fourth-order valence-electron chi connectivity index (χ4n) is 1.66. The second-order valence-corrected chi connectivity index (χ2v) is 6.42. The van der Waals surface area contributed by atoms with E-state index in [0.29, 0.717) is 18.7 Å². The van der Waals surface area contributed by atoms with Crippen LogP contribution in [0.15, 0.2) is 12.3 Å². The third-order valence-corrected chi connectivity index (χ3v) is 4.43. The van der Waals surface area contributed by atoms with Gasteiger partial charge in [0.05, 0.1) is 11.5 Å². The molecule has 1 saturated heterocycles. The van der Waals surface area contributed by atoms with Gasteiger partial charge in [0.1, 0.15) is 15.7 Å². The number of hydrogen-bond acceptors (Lipinski definition) is 5. The molecule has 1 aromatic heterocycles. The molecule has 1 aromatic rings. The molecule has 0 aliphatic carbocycles. The summed E-state index contributed by atoms with van der Waals surface area (Å²) in [6, 6.07) is 1.86. The molecule has 7 heteroatoms. The first-order valence-corrected chi connectivity index (χ1v) is 7.21. The Morgan fingerprint density at radius 2 is 2.06 bits per heavy atom. The lowest BCUT2D eigenvalue weighted by atomic mass is 10.1. The lowest BCUT2D eigenvalue weighted by molar-refractivity contribution is 0.559. The SMILES string of the molecule is O=S1(=O)CCC(Nc2ccnc(Cl)n2)CC1. The van der Waals surface area contributed by atoms with Crippen molar-refractivity contribution in [3.8, 4) is 0 Å². The Morgan fingerprint density at radius 3 is 2.69 bits per heavy atom. The van der Waals surface area contributed by atoms with Gasteiger partial charge in [-0.1, -0.05) is 0 Å². The van der Waals surface area contributed by atoms with Crippen LogP contribution in [0.3, 0.4) is 0 Å². The van der Waals surface area contributed by atoms with Crippen molar-refractivity contribution in [1.82, 2.24) is 9.97 Å². The van der Waals surface area contributed by atoms with Crippen molar-refractivity contribution in [1.29, 1.82) is 0 Å². The summed E-state index contributed by atoms with van der Waals surface area (Å²) in [6.45, 7) is 0. The summed E-state index contributed by atoms with van der Waals surface area (Å²) in [5.41, 5.74) is 0. The van der Waals surface area contributed by atoms with E-state index in [1.54, 1.807) is 12.3 Å². The molecule has 0 spiro atoms. The number of aromatic nitrogens is 2. The molecule has 0 atom stereocenters. The highest BCUT2D eigenvalue weighted by atomic mass is 35.5. The molecule has 0 bridgehead atoms. The molecule has 0 radical (unpaired) electrons. The molecule has 88 valence electrons. The van der Waals surface area contributed by atoms with Gasteiger partial charge in [-0.05, 0) is 30.5 Å². The fraction of sp³-hybridized carbons (Fsp3) is 0.556. The van der Waals surface area contributed by atoms with Crippen LogP contribution in [0.2, 0.25) is 5.28 Å². The van der Waals surface area contributed by atoms with Gasteiger partial charge in [-0.25, -0.2) is 18.4 Å². The minimum absolute atomic E-state index is 0.148. The van der Waals surface area contributed by atoms with Gasteiger partial charge in [-0.15, -0.1) is 0 Å². The van der Waals surface area contributed by atoms with Gasteiger partial charge in [-0.3, -0.25) is 0 Å². The predicted molar refractivity (Wildman–Crippen MR) is 62.3 cm³/mol. The first-order chi connectivity index (χ1) is 7.55. The number of hydrogen-bond donors (Lipinski definition) is 1. The van der Waals surface area contributed by atoms with Crippen molar-refractivity contribution in [2.75, 3.05) is 16.8 Å². The van der Waals surface area contributed by atoms with Crippen molar-refractivity contribution in [3.63, 3.8) is 0 Å². The minimum atomic E-state index is -2.81. The molecular formula is C9H12ClN3O2S. The Kier molecular flexibility index (Phi) is 3.30. The molecule has 0 aromatic carbocycles. The van der Waals surface area contributed by atoms with E-state index in [9.17, 15) is 8.42 Å². The van der Waals surface area contributed by atoms with Crippen molar-refractivity contribution >= 4 is 27.3 Å². The number of nitrogens with one attached hydrogen (secondary N) is 1. The monoisotopic (exact) mass is 261 g/mol. The zero-order valence-electron chi connectivity index (χ0n) is 8.56. The highest BCUT2D eigenvalue weighted by Gasteiger charge is 2.23. The van der Waals surface area contributed by atoms with Gasteiger partial charge < -0.3 is 5.32 Å². The smallest absolute Gasteiger partial charge is 0.224 e. The quantitative estimate of drug-likeness (QED) is 0.808. The number of nitrogens with zero attached hydrogens (tertiary/aromatic N) is 2. The lowest BCUT2D eigenvalue weighted by Gasteiger charge is -2.23. The number of anilines is 1. The maximum Gasteiger partial charge on any atom is 0.224 e. The zero-order chi connectivity index (χ0) is 11.6. The maximum absolute atomic E-state index is 11.2. The molecule has 2 heterocycles. The van der Waals surface area contributed by atoms with Crippen LogP contribution in [0.25, 0.3) is 0 Å². The summed E-state index contributed by atoms with van der Waals surface area (Å²) < 4.78 is 22.5. The number of halogens is 1. The first-order valence-electron chi connectivity index (χ1n) is 5.01. The average Bonchev–Trinajstić information content (AvgIpc) is 2.21. The van der Waals surface area contributed by atoms with E-state index in [-0.39, 0.29) is 22.8 Å². The van der Waals surface area contributed by atoms with Crippen LogP contribution in [0.1, 0.15) is 12.8 Å². The van der Waals surface area contributed by atoms with Gasteiger partial charge in [0.15, 0.2) is 0 Å². The standard InChI is InChI=1S/C9H12ClN3O2S/c10-9-11-4-1-8(13-9)12-7-2-5-16(14,15)6-3-7/h1,4,7H,2-3,5-6H2,(H,11,12,13). The van der Waals surface area contributed by atoms with E-state index < -0.39 is 9.84 Å². The van der Waals surface area contributed by atoms with Crippen LogP contribution in [-0.2, 0) is 9.84 Å². The summed E-state index contributed by atoms with van der Waals surface area (Å²) in [4.78, 5) is 7.77. The van der Waals surface area contributed by atoms with E-state index in [0.717, 1.165) is 0 Å². The van der Waals surface area contributed by atoms with Crippen LogP contribution in [0, 0.1) is 0 Å². The third kappa shape index (κ3) is 3.05. The van der Waals surface area contributed by atoms with Crippen LogP contribution < -0.4 is 5.32 Å². The second kappa shape index (κ2) is 4.55. The normalized spacial score (nSPS) is 20.6. The summed E-state index contributed by atoms with van der Waals surface area (Å²) in [6.07, 6.45) is 2.80. The zero-order valence-corrected chi connectivity index (χ0v) is 10.1. The molecule has 1 aliphatic heterocycles. The van der Waals surface area contributed by atoms with Crippen LogP contribution in [0.5, 0.6) is 0 Å². The Morgan fingerprint density at radius 1 is 1.38 bits per heavy atom. The molecule has 1 aliphatic rings. The van der Waals surface area contributed by atoms with Crippen molar-refractivity contribution < 1.29 is 8.42 Å². The summed E-state index contributed by atoms with van der Waals surface area (Å²) in [5, 5.41) is 3.35. The van der Waals surface area contributed by atoms with E-state index in [1.807, 2.05) is 0 Å². The predicted octanol–water partition coefficient (Wildman–Crippen LogP) is 1.12. The Hall–Kier alpha value is -0.880. The van der Waals surface area contributed by atoms with E-state index in [1.165, 1.54) is 0 Å². The summed E-state index contributed by atoms with van der Waals surface area (Å²) in [5.74, 6) is 1.12.